The highest BCUT2D eigenvalue weighted by molar-refractivity contribution is 7.48. The number of phosphoric acid groups is 2. The van der Waals surface area contributed by atoms with Crippen LogP contribution in [0.5, 0.6) is 0 Å². The molecule has 0 spiro atoms. The predicted molar refractivity (Wildman–Crippen MR) is 305 cm³/mol. The normalized spacial score (nSPS) is 25.6. The number of hydrogen-bond acceptors (Lipinski definition) is 12. The molecule has 8 aromatic carbocycles. The lowest BCUT2D eigenvalue weighted by atomic mass is 9.84. The zero-order valence-electron chi connectivity index (χ0n) is 44.3. The Labute approximate surface area is 469 Å². The van der Waals surface area contributed by atoms with E-state index in [2.05, 4.69) is 0 Å². The zero-order chi connectivity index (χ0) is 54.4. The van der Waals surface area contributed by atoms with E-state index in [1.165, 1.54) is 0 Å². The first-order chi connectivity index (χ1) is 39.3. The summed E-state index contributed by atoms with van der Waals surface area (Å²) < 4.78 is 103. The van der Waals surface area contributed by atoms with Crippen molar-refractivity contribution < 1.29 is 55.2 Å². The molecule has 80 heavy (non-hydrogen) atoms. The van der Waals surface area contributed by atoms with Crippen LogP contribution in [0.3, 0.4) is 0 Å². The van der Waals surface area contributed by atoms with Crippen LogP contribution in [0, 0.1) is 0 Å². The molecule has 12 nitrogen and oxygen atoms in total. The number of hydrogen-bond donors (Lipinski definition) is 0. The van der Waals surface area contributed by atoms with Gasteiger partial charge in [0.1, 0.15) is 36.6 Å². The molecule has 3 aliphatic rings. The maximum atomic E-state index is 16.4. The van der Waals surface area contributed by atoms with E-state index >= 15 is 9.13 Å². The van der Waals surface area contributed by atoms with Gasteiger partial charge in [-0.15, -0.1) is 0 Å². The second-order valence-corrected chi connectivity index (χ2v) is 23.3. The van der Waals surface area contributed by atoms with Crippen LogP contribution in [-0.2, 0) is 81.6 Å². The summed E-state index contributed by atoms with van der Waals surface area (Å²) in [5.74, 6) is 0. The van der Waals surface area contributed by atoms with Crippen LogP contribution in [0.4, 0.5) is 0 Å². The fourth-order valence-corrected chi connectivity index (χ4v) is 14.2. The van der Waals surface area contributed by atoms with Gasteiger partial charge in [0.15, 0.2) is 0 Å². The lowest BCUT2D eigenvalue weighted by molar-refractivity contribution is -0.268. The van der Waals surface area contributed by atoms with Crippen molar-refractivity contribution in [3.8, 4) is 0 Å². The molecule has 0 amide bonds. The quantitative estimate of drug-likeness (QED) is 0.0674. The number of benzene rings is 8. The Morgan fingerprint density at radius 2 is 0.463 bits per heavy atom. The lowest BCUT2D eigenvalue weighted by Crippen LogP contribution is -2.67. The van der Waals surface area contributed by atoms with Crippen molar-refractivity contribution in [1.82, 2.24) is 0 Å². The van der Waals surface area contributed by atoms with E-state index in [4.69, 9.17) is 46.1 Å². The first-order valence-corrected chi connectivity index (χ1v) is 30.4. The van der Waals surface area contributed by atoms with Crippen molar-refractivity contribution in [3.63, 3.8) is 0 Å². The van der Waals surface area contributed by atoms with Gasteiger partial charge in [0.05, 0.1) is 50.8 Å². The molecule has 412 valence electrons. The molecule has 0 radical (unpaired) electrons. The average Bonchev–Trinajstić information content (AvgIpc) is 3.84. The third-order valence-corrected chi connectivity index (χ3v) is 17.7. The molecule has 0 aromatic heterocycles. The van der Waals surface area contributed by atoms with Crippen LogP contribution < -0.4 is 0 Å². The van der Waals surface area contributed by atoms with E-state index in [0.29, 0.717) is 25.7 Å². The molecule has 2 aliphatic heterocycles. The average molecular weight is 1110 g/mol. The summed E-state index contributed by atoms with van der Waals surface area (Å²) in [6, 6.07) is 77.5. The summed E-state index contributed by atoms with van der Waals surface area (Å²) in [5, 5.41) is 0. The van der Waals surface area contributed by atoms with Crippen LogP contribution in [0.15, 0.2) is 243 Å². The van der Waals surface area contributed by atoms with Crippen LogP contribution in [0.25, 0.3) is 0 Å². The monoisotopic (exact) mass is 1110 g/mol. The highest BCUT2D eigenvalue weighted by Gasteiger charge is 2.60. The largest absolute Gasteiger partial charge is 0.476 e. The van der Waals surface area contributed by atoms with Gasteiger partial charge in [0.25, 0.3) is 0 Å². The van der Waals surface area contributed by atoms with Gasteiger partial charge >= 0.3 is 15.6 Å². The molecule has 2 unspecified atom stereocenters. The van der Waals surface area contributed by atoms with Gasteiger partial charge in [-0.1, -0.05) is 243 Å². The Morgan fingerprint density at radius 3 is 0.688 bits per heavy atom. The van der Waals surface area contributed by atoms with E-state index in [-0.39, 0.29) is 26.4 Å². The third kappa shape index (κ3) is 14.5. The summed E-state index contributed by atoms with van der Waals surface area (Å²) in [4.78, 5) is 0. The molecule has 10 atom stereocenters. The van der Waals surface area contributed by atoms with Gasteiger partial charge in [-0.25, -0.2) is 9.13 Å². The fraction of sp³-hybridized carbons (Fsp3) is 0.273. The van der Waals surface area contributed by atoms with Crippen LogP contribution in [0.1, 0.15) is 94.6 Å². The molecular formula is C66H66O12P2. The van der Waals surface area contributed by atoms with E-state index in [0.717, 1.165) is 44.5 Å². The summed E-state index contributed by atoms with van der Waals surface area (Å²) in [5.41, 5.74) is 6.55. The molecule has 0 bridgehead atoms. The molecule has 2 heterocycles. The van der Waals surface area contributed by atoms with E-state index in [1.54, 1.807) is 0 Å². The van der Waals surface area contributed by atoms with Crippen LogP contribution >= 0.6 is 15.6 Å². The Balaban J connectivity index is 1.09. The van der Waals surface area contributed by atoms with Crippen molar-refractivity contribution in [3.05, 3.63) is 287 Å². The number of phosphoric ester groups is 2. The number of rotatable bonds is 20. The smallest absolute Gasteiger partial charge is 0.368 e. The first-order valence-electron chi connectivity index (χ1n) is 27.5. The van der Waals surface area contributed by atoms with Gasteiger partial charge in [-0.3, -0.25) is 27.1 Å². The zero-order valence-corrected chi connectivity index (χ0v) is 46.1. The Kier molecular flexibility index (Phi) is 18.8. The SMILES string of the molecule is O=P1(O[C@@H]2C(OCc3ccccc3)[C@H](OP3(=O)O[C@@H](c4ccccc4)CC[C@H](c4ccccc4)O3)[C@H](OCc3ccccc3)C(OCc3ccccc3)[C@H]2OCc2ccccc2)O[C@@H](c2ccccc2)CC[C@H](c2ccccc2)O1. The summed E-state index contributed by atoms with van der Waals surface area (Å²) in [6.07, 6.45) is -8.67. The third-order valence-electron chi connectivity index (χ3n) is 14.7. The molecule has 2 saturated heterocycles. The molecule has 1 aliphatic carbocycles. The Bertz CT molecular complexity index is 2930. The minimum atomic E-state index is -4.76. The topological polar surface area (TPSA) is 126 Å². The lowest BCUT2D eigenvalue weighted by Gasteiger charge is -2.50. The van der Waals surface area contributed by atoms with Gasteiger partial charge in [-0.05, 0) is 70.2 Å². The Hall–Kier alpha value is -6.18. The van der Waals surface area contributed by atoms with E-state index in [9.17, 15) is 0 Å². The summed E-state index contributed by atoms with van der Waals surface area (Å²) in [6.45, 7) is 0.192. The van der Waals surface area contributed by atoms with Crippen molar-refractivity contribution in [2.24, 2.45) is 0 Å². The van der Waals surface area contributed by atoms with Crippen molar-refractivity contribution in [2.45, 2.75) is 113 Å². The van der Waals surface area contributed by atoms with Gasteiger partial charge in [-0.2, -0.15) is 0 Å². The minimum absolute atomic E-state index is 0.00578. The highest BCUT2D eigenvalue weighted by atomic mass is 31.2. The molecular weight excluding hydrogens is 1050 g/mol. The van der Waals surface area contributed by atoms with Crippen molar-refractivity contribution in [2.75, 3.05) is 0 Å². The van der Waals surface area contributed by atoms with Crippen LogP contribution in [0.2, 0.25) is 0 Å². The molecule has 8 aromatic rings. The molecule has 0 N–H and O–H groups in total. The summed E-state index contributed by atoms with van der Waals surface area (Å²) in [7, 11) is -9.51. The predicted octanol–water partition coefficient (Wildman–Crippen LogP) is 15.9. The number of ether oxygens (including phenoxy) is 4. The van der Waals surface area contributed by atoms with E-state index < -0.39 is 76.7 Å². The molecule has 11 rings (SSSR count). The standard InChI is InChI=1S/C66H66O12P2/c67-79(73-57(53-33-17-5-18-34-53)41-42-58(74-79)54-35-19-6-20-36-54)77-65-62(70-46-50-27-11-2-12-28-50)61(69-45-49-25-9-1-10-26-49)63(71-47-51-29-13-3-14-30-51)66(64(65)72-48-52-31-15-4-16-32-52)78-80(68)75-59(55-37-21-7-22-38-55)43-44-60(76-80)56-39-23-8-24-40-56/h1-40,57-66H,41-48H2/t57-,58-,59-,60-,61?,62-,63-,64?,65-,66+/m1/s1. The van der Waals surface area contributed by atoms with Crippen LogP contribution in [-0.4, -0.2) is 36.6 Å². The second-order valence-electron chi connectivity index (χ2n) is 20.3. The van der Waals surface area contributed by atoms with E-state index in [1.807, 2.05) is 243 Å². The fourth-order valence-electron chi connectivity index (χ4n) is 10.7. The molecule has 3 fully saturated rings. The Morgan fingerprint density at radius 1 is 0.275 bits per heavy atom. The van der Waals surface area contributed by atoms with Crippen molar-refractivity contribution in [1.29, 1.82) is 0 Å². The molecule has 14 heteroatoms. The van der Waals surface area contributed by atoms with Gasteiger partial charge < -0.3 is 18.9 Å². The maximum absolute atomic E-state index is 16.4. The maximum Gasteiger partial charge on any atom is 0.476 e. The van der Waals surface area contributed by atoms with Crippen molar-refractivity contribution >= 4 is 15.6 Å². The minimum Gasteiger partial charge on any atom is -0.368 e. The highest BCUT2D eigenvalue weighted by Crippen LogP contribution is 2.65. The summed E-state index contributed by atoms with van der Waals surface area (Å²) >= 11 is 0. The van der Waals surface area contributed by atoms with Gasteiger partial charge in [0, 0.05) is 0 Å². The molecule has 1 saturated carbocycles. The first kappa shape index (κ1) is 55.7. The second kappa shape index (κ2) is 27.1. The van der Waals surface area contributed by atoms with Gasteiger partial charge in [0.2, 0.25) is 0 Å².